The first kappa shape index (κ1) is 16.7. The number of anilines is 2. The van der Waals surface area contributed by atoms with Crippen LogP contribution in [0.4, 0.5) is 24.5 Å². The monoisotopic (exact) mass is 322 g/mol. The van der Waals surface area contributed by atoms with Crippen LogP contribution in [0, 0.1) is 22.7 Å². The van der Waals surface area contributed by atoms with Crippen molar-refractivity contribution in [2.75, 3.05) is 36.5 Å². The molecule has 5 nitrogen and oxygen atoms in total. The van der Waals surface area contributed by atoms with E-state index in [1.165, 1.54) is 6.07 Å². The topological polar surface area (TPSA) is 72.1 Å². The summed E-state index contributed by atoms with van der Waals surface area (Å²) in [6, 6.07) is 6.65. The van der Waals surface area contributed by atoms with Crippen LogP contribution >= 0.6 is 0 Å². The van der Waals surface area contributed by atoms with Gasteiger partial charge >= 0.3 is 6.18 Å². The largest absolute Gasteiger partial charge is 0.416 e. The van der Waals surface area contributed by atoms with Gasteiger partial charge in [0.25, 0.3) is 0 Å². The van der Waals surface area contributed by atoms with Crippen molar-refractivity contribution in [1.29, 1.82) is 10.5 Å². The number of ether oxygens (including phenoxy) is 1. The SMILES string of the molecule is N#CC(C#N)=CNc1cc(C(F)(F)F)ccc1N1CCOCC1. The highest BCUT2D eigenvalue weighted by Gasteiger charge is 2.31. The molecule has 1 fully saturated rings. The van der Waals surface area contributed by atoms with Gasteiger partial charge in [-0.1, -0.05) is 0 Å². The Hall–Kier alpha value is -2.71. The molecule has 0 atom stereocenters. The quantitative estimate of drug-likeness (QED) is 0.866. The molecule has 1 N–H and O–H groups in total. The summed E-state index contributed by atoms with van der Waals surface area (Å²) in [6.45, 7) is 2.07. The van der Waals surface area contributed by atoms with E-state index in [-0.39, 0.29) is 11.3 Å². The highest BCUT2D eigenvalue weighted by Crippen LogP contribution is 2.35. The second-order valence-electron chi connectivity index (χ2n) is 4.76. The molecule has 23 heavy (non-hydrogen) atoms. The Morgan fingerprint density at radius 3 is 2.43 bits per heavy atom. The molecule has 0 unspecified atom stereocenters. The molecule has 1 heterocycles. The number of nitriles is 2. The van der Waals surface area contributed by atoms with E-state index in [2.05, 4.69) is 5.32 Å². The van der Waals surface area contributed by atoms with Crippen LogP contribution < -0.4 is 10.2 Å². The van der Waals surface area contributed by atoms with Crippen molar-refractivity contribution in [3.8, 4) is 12.1 Å². The molecule has 0 amide bonds. The second-order valence-corrected chi connectivity index (χ2v) is 4.76. The number of halogens is 3. The molecule has 8 heteroatoms. The predicted octanol–water partition coefficient (Wildman–Crippen LogP) is 2.88. The molecule has 2 rings (SSSR count). The van der Waals surface area contributed by atoms with Crippen LogP contribution in [0.5, 0.6) is 0 Å². The lowest BCUT2D eigenvalue weighted by Gasteiger charge is -2.30. The summed E-state index contributed by atoms with van der Waals surface area (Å²) in [5.74, 6) is 0. The van der Waals surface area contributed by atoms with Crippen LogP contribution in [0.15, 0.2) is 30.0 Å². The third-order valence-electron chi connectivity index (χ3n) is 3.29. The number of nitrogens with zero attached hydrogens (tertiary/aromatic N) is 3. The van der Waals surface area contributed by atoms with Gasteiger partial charge in [-0.25, -0.2) is 0 Å². The first-order valence-electron chi connectivity index (χ1n) is 6.76. The zero-order valence-corrected chi connectivity index (χ0v) is 12.0. The number of allylic oxidation sites excluding steroid dienone is 1. The lowest BCUT2D eigenvalue weighted by molar-refractivity contribution is -0.137. The highest BCUT2D eigenvalue weighted by atomic mass is 19.4. The van der Waals surface area contributed by atoms with Crippen molar-refractivity contribution in [3.63, 3.8) is 0 Å². The van der Waals surface area contributed by atoms with Gasteiger partial charge in [0, 0.05) is 19.3 Å². The molecule has 1 aliphatic heterocycles. The van der Waals surface area contributed by atoms with Crippen molar-refractivity contribution in [2.24, 2.45) is 0 Å². The summed E-state index contributed by atoms with van der Waals surface area (Å²) in [5.41, 5.74) is -0.284. The van der Waals surface area contributed by atoms with Crippen molar-refractivity contribution < 1.29 is 17.9 Å². The number of hydrogen-bond acceptors (Lipinski definition) is 5. The van der Waals surface area contributed by atoms with Crippen LogP contribution in [-0.4, -0.2) is 26.3 Å². The van der Waals surface area contributed by atoms with Gasteiger partial charge in [-0.05, 0) is 18.2 Å². The summed E-state index contributed by atoms with van der Waals surface area (Å²) in [5, 5.41) is 20.1. The van der Waals surface area contributed by atoms with Crippen LogP contribution in [0.25, 0.3) is 0 Å². The van der Waals surface area contributed by atoms with Gasteiger partial charge in [0.15, 0.2) is 0 Å². The minimum absolute atomic E-state index is 0.185. The van der Waals surface area contributed by atoms with Gasteiger partial charge in [0.05, 0.1) is 30.2 Å². The maximum Gasteiger partial charge on any atom is 0.416 e. The van der Waals surface area contributed by atoms with Crippen LogP contribution in [-0.2, 0) is 10.9 Å². The predicted molar refractivity (Wildman–Crippen MR) is 77.4 cm³/mol. The van der Waals surface area contributed by atoms with E-state index in [1.807, 2.05) is 4.90 Å². The smallest absolute Gasteiger partial charge is 0.378 e. The first-order chi connectivity index (χ1) is 11.0. The summed E-state index contributed by atoms with van der Waals surface area (Å²) >= 11 is 0. The fourth-order valence-corrected chi connectivity index (χ4v) is 2.15. The number of benzene rings is 1. The Labute approximate surface area is 131 Å². The lowest BCUT2D eigenvalue weighted by Crippen LogP contribution is -2.36. The minimum Gasteiger partial charge on any atom is -0.378 e. The van der Waals surface area contributed by atoms with Gasteiger partial charge in [0.2, 0.25) is 0 Å². The average Bonchev–Trinajstić information content (AvgIpc) is 2.55. The Morgan fingerprint density at radius 2 is 1.87 bits per heavy atom. The van der Waals surface area contributed by atoms with E-state index in [4.69, 9.17) is 15.3 Å². The Balaban J connectivity index is 2.39. The fraction of sp³-hybridized carbons (Fsp3) is 0.333. The zero-order valence-electron chi connectivity index (χ0n) is 12.0. The molecule has 0 aliphatic carbocycles. The van der Waals surface area contributed by atoms with Crippen LogP contribution in [0.2, 0.25) is 0 Å². The minimum atomic E-state index is -4.48. The molecule has 0 saturated carbocycles. The van der Waals surface area contributed by atoms with Crippen molar-refractivity contribution in [2.45, 2.75) is 6.18 Å². The molecule has 1 aliphatic rings. The van der Waals surface area contributed by atoms with Crippen LogP contribution in [0.1, 0.15) is 5.56 Å². The molecule has 0 spiro atoms. The lowest BCUT2D eigenvalue weighted by atomic mass is 10.1. The fourth-order valence-electron chi connectivity index (χ4n) is 2.15. The maximum atomic E-state index is 12.9. The van der Waals surface area contributed by atoms with E-state index < -0.39 is 11.7 Å². The number of hydrogen-bond donors (Lipinski definition) is 1. The Bertz CT molecular complexity index is 663. The number of rotatable bonds is 3. The molecule has 0 aromatic heterocycles. The zero-order chi connectivity index (χ0) is 16.9. The molecule has 0 radical (unpaired) electrons. The van der Waals surface area contributed by atoms with E-state index in [0.29, 0.717) is 32.0 Å². The van der Waals surface area contributed by atoms with Crippen molar-refractivity contribution in [1.82, 2.24) is 0 Å². The van der Waals surface area contributed by atoms with Crippen molar-refractivity contribution in [3.05, 3.63) is 35.5 Å². The molecule has 0 bridgehead atoms. The van der Waals surface area contributed by atoms with E-state index in [1.54, 1.807) is 12.1 Å². The summed E-state index contributed by atoms with van der Waals surface area (Å²) in [6.07, 6.45) is -3.38. The normalized spacial score (nSPS) is 14.6. The number of nitrogens with one attached hydrogen (secondary N) is 1. The molecular formula is C15H13F3N4O. The summed E-state index contributed by atoms with van der Waals surface area (Å²) in [7, 11) is 0. The van der Waals surface area contributed by atoms with Gasteiger partial charge in [-0.3, -0.25) is 0 Å². The number of alkyl halides is 3. The van der Waals surface area contributed by atoms with E-state index in [0.717, 1.165) is 18.3 Å². The van der Waals surface area contributed by atoms with Crippen molar-refractivity contribution >= 4 is 11.4 Å². The molecule has 1 saturated heterocycles. The standard InChI is InChI=1S/C15H13F3N4O/c16-15(17,18)12-1-2-14(22-3-5-23-6-4-22)13(7-12)21-10-11(8-19)9-20/h1-2,7,10,21H,3-6H2. The molecule has 1 aromatic rings. The highest BCUT2D eigenvalue weighted by molar-refractivity contribution is 5.72. The van der Waals surface area contributed by atoms with Gasteiger partial charge in [-0.15, -0.1) is 0 Å². The van der Waals surface area contributed by atoms with E-state index >= 15 is 0 Å². The number of morpholine rings is 1. The summed E-state index contributed by atoms with van der Waals surface area (Å²) in [4.78, 5) is 1.89. The molecule has 120 valence electrons. The van der Waals surface area contributed by atoms with E-state index in [9.17, 15) is 13.2 Å². The Kier molecular flexibility index (Phi) is 5.09. The Morgan fingerprint density at radius 1 is 1.22 bits per heavy atom. The third-order valence-corrected chi connectivity index (χ3v) is 3.29. The molecule has 1 aromatic carbocycles. The van der Waals surface area contributed by atoms with Gasteiger partial charge < -0.3 is 15.0 Å². The maximum absolute atomic E-state index is 12.9. The third kappa shape index (κ3) is 4.15. The molecular weight excluding hydrogens is 309 g/mol. The summed E-state index contributed by atoms with van der Waals surface area (Å²) < 4.78 is 43.9. The second kappa shape index (κ2) is 7.03. The first-order valence-corrected chi connectivity index (χ1v) is 6.76. The van der Waals surface area contributed by atoms with Crippen LogP contribution in [0.3, 0.4) is 0 Å². The average molecular weight is 322 g/mol. The van der Waals surface area contributed by atoms with Gasteiger partial charge in [0.1, 0.15) is 17.7 Å². The van der Waals surface area contributed by atoms with Gasteiger partial charge in [-0.2, -0.15) is 23.7 Å².